The van der Waals surface area contributed by atoms with Crippen molar-refractivity contribution in [3.63, 3.8) is 0 Å². The van der Waals surface area contributed by atoms with Crippen LogP contribution in [0.5, 0.6) is 0 Å². The zero-order chi connectivity index (χ0) is 12.3. The minimum absolute atomic E-state index is 0.118. The van der Waals surface area contributed by atoms with E-state index in [4.69, 9.17) is 5.73 Å². The van der Waals surface area contributed by atoms with E-state index in [1.54, 1.807) is 6.20 Å². The normalized spacial score (nSPS) is 12.6. The van der Waals surface area contributed by atoms with Gasteiger partial charge in [-0.3, -0.25) is 5.10 Å². The van der Waals surface area contributed by atoms with Gasteiger partial charge in [-0.15, -0.1) is 5.10 Å². The van der Waals surface area contributed by atoms with Crippen molar-refractivity contribution in [3.05, 3.63) is 29.7 Å². The van der Waals surface area contributed by atoms with Gasteiger partial charge in [-0.1, -0.05) is 6.07 Å². The van der Waals surface area contributed by atoms with Crippen LogP contribution in [0, 0.1) is 6.92 Å². The van der Waals surface area contributed by atoms with E-state index < -0.39 is 0 Å². The Bertz CT molecular complexity index is 494. The number of nitrogens with two attached hydrogens (primary N) is 1. The van der Waals surface area contributed by atoms with E-state index in [0.717, 1.165) is 22.8 Å². The van der Waals surface area contributed by atoms with Crippen LogP contribution in [0.25, 0.3) is 0 Å². The summed E-state index contributed by atoms with van der Waals surface area (Å²) in [4.78, 5) is 8.60. The molecule has 2 heterocycles. The molecule has 0 saturated carbocycles. The van der Waals surface area contributed by atoms with Gasteiger partial charge in [0.15, 0.2) is 0 Å². The van der Waals surface area contributed by atoms with Gasteiger partial charge in [0.05, 0.1) is 0 Å². The fourth-order valence-corrected chi connectivity index (χ4v) is 2.32. The number of hydrogen-bond acceptors (Lipinski definition) is 5. The Hall–Kier alpha value is -1.40. The second-order valence-corrected chi connectivity index (χ2v) is 4.91. The molecule has 2 aromatic heterocycles. The lowest BCUT2D eigenvalue weighted by Crippen LogP contribution is -2.18. The first kappa shape index (κ1) is 12.1. The topological polar surface area (TPSA) is 80.5 Å². The molecule has 0 fully saturated rings. The van der Waals surface area contributed by atoms with Gasteiger partial charge in [-0.05, 0) is 43.7 Å². The molecule has 0 amide bonds. The number of pyridine rings is 1. The van der Waals surface area contributed by atoms with Gasteiger partial charge in [0.25, 0.3) is 0 Å². The third kappa shape index (κ3) is 3.28. The molecule has 1 unspecified atom stereocenters. The molecule has 0 aliphatic heterocycles. The number of aryl methyl sites for hydroxylation is 1. The van der Waals surface area contributed by atoms with Crippen molar-refractivity contribution in [2.75, 3.05) is 0 Å². The van der Waals surface area contributed by atoms with E-state index >= 15 is 0 Å². The lowest BCUT2D eigenvalue weighted by atomic mass is 10.1. The summed E-state index contributed by atoms with van der Waals surface area (Å²) in [7, 11) is 0. The fourth-order valence-electron chi connectivity index (χ4n) is 1.47. The second kappa shape index (κ2) is 5.29. The number of H-pyrrole nitrogens is 1. The van der Waals surface area contributed by atoms with Crippen molar-refractivity contribution in [2.24, 2.45) is 5.73 Å². The van der Waals surface area contributed by atoms with E-state index in [2.05, 4.69) is 20.2 Å². The van der Waals surface area contributed by atoms with E-state index in [0.29, 0.717) is 5.16 Å². The van der Waals surface area contributed by atoms with Crippen molar-refractivity contribution in [1.82, 2.24) is 20.2 Å². The minimum atomic E-state index is 0.118. The van der Waals surface area contributed by atoms with Crippen molar-refractivity contribution < 1.29 is 0 Å². The minimum Gasteiger partial charge on any atom is -0.328 e. The summed E-state index contributed by atoms with van der Waals surface area (Å²) in [6.07, 6.45) is 2.58. The smallest absolute Gasteiger partial charge is 0.214 e. The van der Waals surface area contributed by atoms with Gasteiger partial charge in [-0.25, -0.2) is 9.97 Å². The summed E-state index contributed by atoms with van der Waals surface area (Å²) in [5.41, 5.74) is 6.95. The molecule has 90 valence electrons. The summed E-state index contributed by atoms with van der Waals surface area (Å²) < 4.78 is 0. The molecule has 0 radical (unpaired) electrons. The summed E-state index contributed by atoms with van der Waals surface area (Å²) in [6, 6.07) is 4.08. The van der Waals surface area contributed by atoms with Crippen molar-refractivity contribution in [1.29, 1.82) is 0 Å². The third-order valence-corrected chi connectivity index (χ3v) is 3.08. The summed E-state index contributed by atoms with van der Waals surface area (Å²) in [5.74, 6) is 0.803. The van der Waals surface area contributed by atoms with Crippen LogP contribution >= 0.6 is 11.8 Å². The van der Waals surface area contributed by atoms with E-state index in [1.165, 1.54) is 11.8 Å². The molecule has 0 aliphatic rings. The first-order valence-electron chi connectivity index (χ1n) is 5.41. The molecular formula is C11H15N5S. The average molecular weight is 249 g/mol. The van der Waals surface area contributed by atoms with E-state index in [-0.39, 0.29) is 6.04 Å². The summed E-state index contributed by atoms with van der Waals surface area (Å²) in [6.45, 7) is 3.86. The highest BCUT2D eigenvalue weighted by Gasteiger charge is 2.10. The third-order valence-electron chi connectivity index (χ3n) is 2.16. The van der Waals surface area contributed by atoms with Crippen LogP contribution in [0.3, 0.4) is 0 Å². The number of nitrogens with one attached hydrogen (secondary N) is 1. The van der Waals surface area contributed by atoms with Gasteiger partial charge in [0, 0.05) is 12.2 Å². The standard InChI is InChI=1S/C11H15N5S/c1-7(12)6-9-4-3-5-13-10(9)17-11-14-8(2)15-16-11/h3-5,7H,6,12H2,1-2H3,(H,14,15,16). The molecular weight excluding hydrogens is 234 g/mol. The van der Waals surface area contributed by atoms with Crippen molar-refractivity contribution >= 4 is 11.8 Å². The Morgan fingerprint density at radius 3 is 3.00 bits per heavy atom. The van der Waals surface area contributed by atoms with Crippen LogP contribution in [-0.2, 0) is 6.42 Å². The molecule has 0 aromatic carbocycles. The number of rotatable bonds is 4. The van der Waals surface area contributed by atoms with Gasteiger partial charge < -0.3 is 5.73 Å². The number of aromatic amines is 1. The van der Waals surface area contributed by atoms with E-state index in [1.807, 2.05) is 26.0 Å². The number of nitrogens with zero attached hydrogens (tertiary/aromatic N) is 3. The number of hydrogen-bond donors (Lipinski definition) is 2. The lowest BCUT2D eigenvalue weighted by molar-refractivity contribution is 0.722. The molecule has 0 aliphatic carbocycles. The molecule has 0 saturated heterocycles. The summed E-state index contributed by atoms with van der Waals surface area (Å²) >= 11 is 1.46. The number of aromatic nitrogens is 4. The Labute approximate surface area is 104 Å². The van der Waals surface area contributed by atoms with Crippen LogP contribution in [0.15, 0.2) is 28.5 Å². The Balaban J connectivity index is 2.20. The Morgan fingerprint density at radius 2 is 2.35 bits per heavy atom. The fraction of sp³-hybridized carbons (Fsp3) is 0.364. The largest absolute Gasteiger partial charge is 0.328 e. The lowest BCUT2D eigenvalue weighted by Gasteiger charge is -2.08. The molecule has 3 N–H and O–H groups in total. The van der Waals surface area contributed by atoms with Crippen LogP contribution in [0.1, 0.15) is 18.3 Å². The summed E-state index contributed by atoms with van der Waals surface area (Å²) in [5, 5.41) is 8.51. The molecule has 0 spiro atoms. The predicted molar refractivity (Wildman–Crippen MR) is 66.8 cm³/mol. The molecule has 5 nitrogen and oxygen atoms in total. The highest BCUT2D eigenvalue weighted by Crippen LogP contribution is 2.26. The van der Waals surface area contributed by atoms with Crippen molar-refractivity contribution in [3.8, 4) is 0 Å². The SMILES string of the molecule is Cc1nc(Sc2ncccc2CC(C)N)n[nH]1. The molecule has 2 rings (SSSR count). The van der Waals surface area contributed by atoms with Gasteiger partial charge in [-0.2, -0.15) is 0 Å². The molecule has 6 heteroatoms. The average Bonchev–Trinajstić information content (AvgIpc) is 2.66. The Kier molecular flexibility index (Phi) is 3.75. The van der Waals surface area contributed by atoms with Gasteiger partial charge >= 0.3 is 0 Å². The second-order valence-electron chi connectivity index (χ2n) is 3.95. The first-order valence-corrected chi connectivity index (χ1v) is 6.23. The predicted octanol–water partition coefficient (Wildman–Crippen LogP) is 1.55. The van der Waals surface area contributed by atoms with Crippen LogP contribution in [-0.4, -0.2) is 26.2 Å². The monoisotopic (exact) mass is 249 g/mol. The van der Waals surface area contributed by atoms with Crippen LogP contribution in [0.4, 0.5) is 0 Å². The molecule has 0 bridgehead atoms. The first-order chi connectivity index (χ1) is 8.15. The highest BCUT2D eigenvalue weighted by atomic mass is 32.2. The zero-order valence-electron chi connectivity index (χ0n) is 9.84. The van der Waals surface area contributed by atoms with Crippen LogP contribution < -0.4 is 5.73 Å². The van der Waals surface area contributed by atoms with Gasteiger partial charge in [0.2, 0.25) is 5.16 Å². The van der Waals surface area contributed by atoms with Crippen LogP contribution in [0.2, 0.25) is 0 Å². The highest BCUT2D eigenvalue weighted by molar-refractivity contribution is 7.99. The maximum atomic E-state index is 5.82. The maximum Gasteiger partial charge on any atom is 0.214 e. The van der Waals surface area contributed by atoms with E-state index in [9.17, 15) is 0 Å². The Morgan fingerprint density at radius 1 is 1.53 bits per heavy atom. The zero-order valence-corrected chi connectivity index (χ0v) is 10.7. The molecule has 17 heavy (non-hydrogen) atoms. The van der Waals surface area contributed by atoms with Crippen molar-refractivity contribution in [2.45, 2.75) is 36.5 Å². The maximum absolute atomic E-state index is 5.82. The molecule has 1 atom stereocenters. The van der Waals surface area contributed by atoms with Gasteiger partial charge in [0.1, 0.15) is 10.9 Å². The molecule has 2 aromatic rings. The quantitative estimate of drug-likeness (QED) is 0.859.